The van der Waals surface area contributed by atoms with Crippen LogP contribution in [0.25, 0.3) is 16.6 Å². The molecule has 0 aliphatic carbocycles. The van der Waals surface area contributed by atoms with Gasteiger partial charge in [-0.2, -0.15) is 0 Å². The van der Waals surface area contributed by atoms with Crippen molar-refractivity contribution < 1.29 is 0 Å². The van der Waals surface area contributed by atoms with E-state index in [1.807, 2.05) is 42.6 Å². The first-order valence-corrected chi connectivity index (χ1v) is 5.66. The van der Waals surface area contributed by atoms with Gasteiger partial charge in [0.05, 0.1) is 5.52 Å². The minimum atomic E-state index is 0.460. The second-order valence-electron chi connectivity index (χ2n) is 3.55. The Hall–Kier alpha value is -1.68. The van der Waals surface area contributed by atoms with E-state index >= 15 is 0 Å². The van der Waals surface area contributed by atoms with Gasteiger partial charge in [0.25, 0.3) is 0 Å². The fourth-order valence-corrected chi connectivity index (χ4v) is 2.12. The summed E-state index contributed by atoms with van der Waals surface area (Å²) in [6, 6.07) is 11.5. The maximum Gasteiger partial charge on any atom is 0.140 e. The summed E-state index contributed by atoms with van der Waals surface area (Å²) < 4.78 is 2.74. The van der Waals surface area contributed by atoms with E-state index in [9.17, 15) is 0 Å². The number of aromatic nitrogens is 2. The molecule has 3 aromatic rings. The lowest BCUT2D eigenvalue weighted by Crippen LogP contribution is -2.14. The van der Waals surface area contributed by atoms with Gasteiger partial charge in [0.2, 0.25) is 0 Å². The first-order chi connectivity index (χ1) is 7.75. The number of benzene rings is 1. The molecule has 1 aromatic carbocycles. The number of halogens is 1. The zero-order valence-electron chi connectivity index (χ0n) is 8.31. The van der Waals surface area contributed by atoms with Crippen molar-refractivity contribution in [1.29, 1.82) is 5.41 Å². The van der Waals surface area contributed by atoms with E-state index in [0.29, 0.717) is 5.49 Å². The fourth-order valence-electron chi connectivity index (χ4n) is 1.76. The lowest BCUT2D eigenvalue weighted by Gasteiger charge is -2.04. The van der Waals surface area contributed by atoms with Crippen molar-refractivity contribution >= 4 is 32.5 Å². The number of nitrogens with one attached hydrogen (secondary N) is 1. The summed E-state index contributed by atoms with van der Waals surface area (Å²) in [7, 11) is 0. The van der Waals surface area contributed by atoms with Gasteiger partial charge >= 0.3 is 0 Å². The first kappa shape index (κ1) is 9.54. The van der Waals surface area contributed by atoms with Crippen LogP contribution in [0, 0.1) is 5.41 Å². The van der Waals surface area contributed by atoms with Crippen LogP contribution in [0.2, 0.25) is 0 Å². The molecule has 0 bridgehead atoms. The maximum atomic E-state index is 8.13. The Bertz CT molecular complexity index is 746. The topological polar surface area (TPSA) is 41.2 Å². The molecule has 3 nitrogen and oxygen atoms in total. The van der Waals surface area contributed by atoms with Crippen LogP contribution in [0.1, 0.15) is 0 Å². The Kier molecular flexibility index (Phi) is 2.04. The smallest absolute Gasteiger partial charge is 0.140 e. The third kappa shape index (κ3) is 1.34. The molecule has 2 heterocycles. The Balaban J connectivity index is 2.61. The Labute approximate surface area is 100 Å². The normalized spacial score (nSPS) is 11.1. The van der Waals surface area contributed by atoms with Crippen molar-refractivity contribution in [3.63, 3.8) is 0 Å². The molecule has 2 aromatic heterocycles. The summed E-state index contributed by atoms with van der Waals surface area (Å²) in [6.45, 7) is 0. The second-order valence-corrected chi connectivity index (χ2v) is 4.47. The molecular formula is C12H8BrN3. The maximum absolute atomic E-state index is 8.13. The van der Waals surface area contributed by atoms with E-state index in [1.165, 1.54) is 0 Å². The van der Waals surface area contributed by atoms with E-state index in [4.69, 9.17) is 5.41 Å². The highest BCUT2D eigenvalue weighted by atomic mass is 79.9. The minimum absolute atomic E-state index is 0.460. The SMILES string of the molecule is N=c1c2cc(Br)ccc2nc2ccccn12. The van der Waals surface area contributed by atoms with E-state index < -0.39 is 0 Å². The molecule has 0 fully saturated rings. The highest BCUT2D eigenvalue weighted by Gasteiger charge is 2.02. The third-order valence-electron chi connectivity index (χ3n) is 2.53. The van der Waals surface area contributed by atoms with Gasteiger partial charge in [0.15, 0.2) is 0 Å². The van der Waals surface area contributed by atoms with Crippen LogP contribution in [0.4, 0.5) is 0 Å². The summed E-state index contributed by atoms with van der Waals surface area (Å²) in [5, 5.41) is 8.98. The van der Waals surface area contributed by atoms with Crippen molar-refractivity contribution in [2.75, 3.05) is 0 Å². The molecule has 78 valence electrons. The Morgan fingerprint density at radius 3 is 2.94 bits per heavy atom. The zero-order chi connectivity index (χ0) is 11.1. The van der Waals surface area contributed by atoms with Crippen molar-refractivity contribution in [1.82, 2.24) is 9.38 Å². The number of pyridine rings is 1. The van der Waals surface area contributed by atoms with Crippen molar-refractivity contribution in [2.45, 2.75) is 0 Å². The molecule has 3 rings (SSSR count). The summed E-state index contributed by atoms with van der Waals surface area (Å²) in [5.74, 6) is 0. The fraction of sp³-hybridized carbons (Fsp3) is 0. The average Bonchev–Trinajstić information content (AvgIpc) is 2.31. The predicted octanol–water partition coefficient (Wildman–Crippen LogP) is 2.73. The van der Waals surface area contributed by atoms with Crippen LogP contribution in [0.5, 0.6) is 0 Å². The van der Waals surface area contributed by atoms with Gasteiger partial charge in [0.1, 0.15) is 11.1 Å². The molecule has 4 heteroatoms. The van der Waals surface area contributed by atoms with Crippen LogP contribution in [-0.4, -0.2) is 9.38 Å². The number of hydrogen-bond acceptors (Lipinski definition) is 2. The molecule has 0 radical (unpaired) electrons. The molecule has 16 heavy (non-hydrogen) atoms. The molecule has 0 spiro atoms. The molecule has 1 N–H and O–H groups in total. The van der Waals surface area contributed by atoms with Gasteiger partial charge in [-0.25, -0.2) is 4.98 Å². The predicted molar refractivity (Wildman–Crippen MR) is 66.3 cm³/mol. The van der Waals surface area contributed by atoms with Crippen LogP contribution < -0.4 is 5.49 Å². The van der Waals surface area contributed by atoms with Crippen LogP contribution in [-0.2, 0) is 0 Å². The summed E-state index contributed by atoms with van der Waals surface area (Å²) in [5.41, 5.74) is 2.10. The second kappa shape index (κ2) is 3.42. The van der Waals surface area contributed by atoms with Crippen molar-refractivity contribution in [2.24, 2.45) is 0 Å². The molecule has 0 aliphatic rings. The highest BCUT2D eigenvalue weighted by molar-refractivity contribution is 9.10. The number of hydrogen-bond donors (Lipinski definition) is 1. The van der Waals surface area contributed by atoms with Gasteiger partial charge < -0.3 is 0 Å². The van der Waals surface area contributed by atoms with Crippen molar-refractivity contribution in [3.8, 4) is 0 Å². The van der Waals surface area contributed by atoms with Gasteiger partial charge in [-0.15, -0.1) is 0 Å². The molecule has 0 atom stereocenters. The van der Waals surface area contributed by atoms with Crippen molar-refractivity contribution in [3.05, 3.63) is 52.6 Å². The van der Waals surface area contributed by atoms with Gasteiger partial charge in [0, 0.05) is 16.1 Å². The largest absolute Gasteiger partial charge is 0.286 e. The van der Waals surface area contributed by atoms with Crippen LogP contribution in [0.15, 0.2) is 47.1 Å². The Morgan fingerprint density at radius 1 is 1.19 bits per heavy atom. The van der Waals surface area contributed by atoms with Gasteiger partial charge in [-0.3, -0.25) is 9.81 Å². The molecule has 0 saturated carbocycles. The standard InChI is InChI=1S/C12H8BrN3/c13-8-4-5-10-9(7-8)12(14)16-6-2-1-3-11(16)15-10/h1-7,14H. The molecule has 0 aliphatic heterocycles. The van der Waals surface area contributed by atoms with Crippen LogP contribution >= 0.6 is 15.9 Å². The zero-order valence-corrected chi connectivity index (χ0v) is 9.90. The number of fused-ring (bicyclic) bond motifs is 2. The quantitative estimate of drug-likeness (QED) is 0.629. The summed E-state index contributed by atoms with van der Waals surface area (Å²) in [4.78, 5) is 4.50. The monoisotopic (exact) mass is 273 g/mol. The van der Waals surface area contributed by atoms with E-state index in [0.717, 1.165) is 21.0 Å². The van der Waals surface area contributed by atoms with E-state index in [1.54, 1.807) is 4.40 Å². The first-order valence-electron chi connectivity index (χ1n) is 4.87. The lowest BCUT2D eigenvalue weighted by atomic mass is 10.2. The number of nitrogens with zero attached hydrogens (tertiary/aromatic N) is 2. The van der Waals surface area contributed by atoms with E-state index in [-0.39, 0.29) is 0 Å². The third-order valence-corrected chi connectivity index (χ3v) is 3.02. The lowest BCUT2D eigenvalue weighted by molar-refractivity contribution is 1.00. The minimum Gasteiger partial charge on any atom is -0.286 e. The Morgan fingerprint density at radius 2 is 2.06 bits per heavy atom. The van der Waals surface area contributed by atoms with Gasteiger partial charge in [-0.1, -0.05) is 22.0 Å². The molecule has 0 unspecified atom stereocenters. The summed E-state index contributed by atoms with van der Waals surface area (Å²) >= 11 is 3.41. The highest BCUT2D eigenvalue weighted by Crippen LogP contribution is 2.15. The van der Waals surface area contributed by atoms with Crippen LogP contribution in [0.3, 0.4) is 0 Å². The number of rotatable bonds is 0. The van der Waals surface area contributed by atoms with Gasteiger partial charge in [-0.05, 0) is 30.3 Å². The molecular weight excluding hydrogens is 266 g/mol. The molecule has 0 amide bonds. The summed E-state index contributed by atoms with van der Waals surface area (Å²) in [6.07, 6.45) is 1.85. The van der Waals surface area contributed by atoms with E-state index in [2.05, 4.69) is 20.9 Å². The molecule has 0 saturated heterocycles. The average molecular weight is 274 g/mol.